The fourth-order valence-electron chi connectivity index (χ4n) is 4.69. The molecule has 4 rings (SSSR count). The zero-order chi connectivity index (χ0) is 29.0. The molecule has 0 fully saturated rings. The number of aliphatic carboxylic acids is 1. The van der Waals surface area contributed by atoms with Crippen LogP contribution in [-0.4, -0.2) is 43.7 Å². The molecule has 1 unspecified atom stereocenters. The highest BCUT2D eigenvalue weighted by molar-refractivity contribution is 6.37. The van der Waals surface area contributed by atoms with Crippen LogP contribution in [0.1, 0.15) is 37.5 Å². The van der Waals surface area contributed by atoms with Gasteiger partial charge in [-0.25, -0.2) is 4.79 Å². The van der Waals surface area contributed by atoms with Gasteiger partial charge in [-0.05, 0) is 35.4 Å². The van der Waals surface area contributed by atoms with Crippen molar-refractivity contribution < 1.29 is 24.2 Å². The maximum atomic E-state index is 14.2. The smallest absolute Gasteiger partial charge is 0.327 e. The summed E-state index contributed by atoms with van der Waals surface area (Å²) in [6.07, 6.45) is 1.50. The molecule has 0 radical (unpaired) electrons. The number of benzene rings is 3. The summed E-state index contributed by atoms with van der Waals surface area (Å²) in [5.74, 6) is -2.37. The van der Waals surface area contributed by atoms with Crippen LogP contribution in [-0.2, 0) is 27.4 Å². The van der Waals surface area contributed by atoms with Crippen molar-refractivity contribution in [1.82, 2.24) is 9.80 Å². The van der Waals surface area contributed by atoms with E-state index in [4.69, 9.17) is 27.9 Å². The van der Waals surface area contributed by atoms with Gasteiger partial charge in [0.1, 0.15) is 18.4 Å². The first-order chi connectivity index (χ1) is 19.0. The molecule has 7 nitrogen and oxygen atoms in total. The molecular formula is C31H30Cl2N2O5. The first kappa shape index (κ1) is 29.2. The van der Waals surface area contributed by atoms with Gasteiger partial charge in [-0.1, -0.05) is 91.6 Å². The molecule has 0 spiro atoms. The van der Waals surface area contributed by atoms with Crippen molar-refractivity contribution in [2.45, 2.75) is 44.8 Å². The van der Waals surface area contributed by atoms with E-state index in [0.29, 0.717) is 16.3 Å². The lowest BCUT2D eigenvalue weighted by Crippen LogP contribution is -2.64. The van der Waals surface area contributed by atoms with Crippen LogP contribution < -0.4 is 4.74 Å². The molecule has 0 saturated carbocycles. The predicted molar refractivity (Wildman–Crippen MR) is 155 cm³/mol. The summed E-state index contributed by atoms with van der Waals surface area (Å²) in [7, 11) is 0. The summed E-state index contributed by atoms with van der Waals surface area (Å²) < 4.78 is 5.99. The first-order valence-electron chi connectivity index (χ1n) is 12.8. The van der Waals surface area contributed by atoms with Crippen LogP contribution in [0.25, 0.3) is 5.70 Å². The highest BCUT2D eigenvalue weighted by Crippen LogP contribution is 2.42. The second-order valence-corrected chi connectivity index (χ2v) is 10.9. The van der Waals surface area contributed by atoms with Crippen LogP contribution in [0.2, 0.25) is 5.02 Å². The molecule has 40 heavy (non-hydrogen) atoms. The van der Waals surface area contributed by atoms with Crippen molar-refractivity contribution in [1.29, 1.82) is 0 Å². The second-order valence-electron chi connectivity index (χ2n) is 9.90. The van der Waals surface area contributed by atoms with Crippen molar-refractivity contribution in [3.8, 4) is 5.75 Å². The minimum atomic E-state index is -1.81. The third kappa shape index (κ3) is 6.01. The summed E-state index contributed by atoms with van der Waals surface area (Å²) >= 11 is 13.0. The molecule has 1 aliphatic rings. The SMILES string of the molecule is CC(=O)N1C=C(c2cccc(OCc3cccc(Cl)c3)c2)N(C(Cc2ccccc2)C(=O)O)C(=O)[C@]1(Cl)C(C)C. The molecule has 0 bridgehead atoms. The van der Waals surface area contributed by atoms with E-state index >= 15 is 0 Å². The summed E-state index contributed by atoms with van der Waals surface area (Å²) in [6.45, 7) is 5.00. The molecule has 2 amide bonds. The molecule has 208 valence electrons. The number of carbonyl (C=O) groups excluding carboxylic acids is 2. The topological polar surface area (TPSA) is 87.2 Å². The summed E-state index contributed by atoms with van der Waals surface area (Å²) in [5.41, 5.74) is 2.32. The van der Waals surface area contributed by atoms with Crippen molar-refractivity contribution in [2.24, 2.45) is 5.92 Å². The van der Waals surface area contributed by atoms with E-state index in [1.165, 1.54) is 22.9 Å². The van der Waals surface area contributed by atoms with Crippen molar-refractivity contribution in [2.75, 3.05) is 0 Å². The van der Waals surface area contributed by atoms with Crippen LogP contribution in [0.4, 0.5) is 0 Å². The number of carboxylic acid groups (broad SMARTS) is 1. The largest absolute Gasteiger partial charge is 0.489 e. The lowest BCUT2D eigenvalue weighted by molar-refractivity contribution is -0.154. The van der Waals surface area contributed by atoms with Crippen molar-refractivity contribution in [3.05, 3.63) is 107 Å². The standard InChI is InChI=1S/C31H30Cl2N2O5/c1-20(2)31(33)30(39)35(27(29(37)38)16-22-9-5-4-6-10-22)28(18-34(31)21(3)36)24-12-8-14-26(17-24)40-19-23-11-7-13-25(32)15-23/h4-15,17-18,20,27H,16,19H2,1-3H3,(H,37,38)/t27?,31-/m0/s1. The Morgan fingerprint density at radius 3 is 2.27 bits per heavy atom. The van der Waals surface area contributed by atoms with Crippen LogP contribution in [0.3, 0.4) is 0 Å². The quantitative estimate of drug-likeness (QED) is 0.240. The number of alkyl halides is 1. The van der Waals surface area contributed by atoms with Gasteiger partial charge >= 0.3 is 5.97 Å². The normalized spacial score (nSPS) is 17.9. The van der Waals surface area contributed by atoms with Gasteiger partial charge in [0.2, 0.25) is 10.9 Å². The molecule has 1 N–H and O–H groups in total. The van der Waals surface area contributed by atoms with Gasteiger partial charge < -0.3 is 9.84 Å². The molecule has 9 heteroatoms. The van der Waals surface area contributed by atoms with Gasteiger partial charge in [0.15, 0.2) is 0 Å². The first-order valence-corrected chi connectivity index (χ1v) is 13.6. The highest BCUT2D eigenvalue weighted by atomic mass is 35.5. The summed E-state index contributed by atoms with van der Waals surface area (Å²) in [6, 6.07) is 22.0. The fraction of sp³-hybridized carbons (Fsp3) is 0.258. The minimum absolute atomic E-state index is 0.0370. The number of carbonyl (C=O) groups is 3. The van der Waals surface area contributed by atoms with E-state index in [-0.39, 0.29) is 18.7 Å². The van der Waals surface area contributed by atoms with Crippen LogP contribution in [0, 0.1) is 5.92 Å². The Balaban J connectivity index is 1.80. The average molecular weight is 581 g/mol. The summed E-state index contributed by atoms with van der Waals surface area (Å²) in [4.78, 5) is 40.3. The maximum absolute atomic E-state index is 14.2. The number of amides is 2. The molecule has 0 aliphatic carbocycles. The number of hydrogen-bond acceptors (Lipinski definition) is 4. The van der Waals surface area contributed by atoms with Crippen molar-refractivity contribution in [3.63, 3.8) is 0 Å². The van der Waals surface area contributed by atoms with E-state index < -0.39 is 34.7 Å². The third-order valence-electron chi connectivity index (χ3n) is 6.78. The number of nitrogens with zero attached hydrogens (tertiary/aromatic N) is 2. The zero-order valence-electron chi connectivity index (χ0n) is 22.4. The van der Waals surface area contributed by atoms with Gasteiger partial charge in [0.05, 0.1) is 5.70 Å². The number of halogens is 2. The third-order valence-corrected chi connectivity index (χ3v) is 7.79. The Morgan fingerprint density at radius 1 is 0.975 bits per heavy atom. The Labute approximate surface area is 243 Å². The van der Waals surface area contributed by atoms with Crippen LogP contribution in [0.5, 0.6) is 5.75 Å². The van der Waals surface area contributed by atoms with E-state index in [1.807, 2.05) is 18.2 Å². The average Bonchev–Trinajstić information content (AvgIpc) is 2.92. The Hall–Kier alpha value is -3.81. The highest BCUT2D eigenvalue weighted by Gasteiger charge is 2.54. The van der Waals surface area contributed by atoms with Crippen LogP contribution in [0.15, 0.2) is 85.1 Å². The number of carboxylic acids is 1. The van der Waals surface area contributed by atoms with Gasteiger partial charge in [-0.15, -0.1) is 0 Å². The molecule has 3 aromatic carbocycles. The molecule has 2 atom stereocenters. The lowest BCUT2D eigenvalue weighted by atomic mass is 9.93. The van der Waals surface area contributed by atoms with E-state index in [0.717, 1.165) is 11.1 Å². The van der Waals surface area contributed by atoms with Crippen LogP contribution >= 0.6 is 23.2 Å². The van der Waals surface area contributed by atoms with Gasteiger partial charge in [0.25, 0.3) is 5.91 Å². The molecule has 0 aromatic heterocycles. The Bertz CT molecular complexity index is 1440. The lowest BCUT2D eigenvalue weighted by Gasteiger charge is -2.47. The van der Waals surface area contributed by atoms with Gasteiger partial charge in [0, 0.05) is 36.0 Å². The second kappa shape index (κ2) is 12.1. The Morgan fingerprint density at radius 2 is 1.65 bits per heavy atom. The predicted octanol–water partition coefficient (Wildman–Crippen LogP) is 6.20. The van der Waals surface area contributed by atoms with E-state index in [1.54, 1.807) is 74.5 Å². The maximum Gasteiger partial charge on any atom is 0.327 e. The van der Waals surface area contributed by atoms with Crippen molar-refractivity contribution >= 4 is 46.7 Å². The number of rotatable bonds is 9. The fourth-order valence-corrected chi connectivity index (χ4v) is 5.16. The monoisotopic (exact) mass is 580 g/mol. The zero-order valence-corrected chi connectivity index (χ0v) is 23.9. The molecule has 1 heterocycles. The molecule has 3 aromatic rings. The minimum Gasteiger partial charge on any atom is -0.489 e. The number of hydrogen-bond donors (Lipinski definition) is 1. The van der Waals surface area contributed by atoms with Gasteiger partial charge in [-0.3, -0.25) is 19.4 Å². The molecular weight excluding hydrogens is 551 g/mol. The molecule has 0 saturated heterocycles. The molecule has 1 aliphatic heterocycles. The number of ether oxygens (including phenoxy) is 1. The van der Waals surface area contributed by atoms with E-state index in [9.17, 15) is 19.5 Å². The van der Waals surface area contributed by atoms with E-state index in [2.05, 4.69) is 0 Å². The Kier molecular flexibility index (Phi) is 8.86. The van der Waals surface area contributed by atoms with Gasteiger partial charge in [-0.2, -0.15) is 0 Å². The summed E-state index contributed by atoms with van der Waals surface area (Å²) in [5, 5.41) is 11.0.